The van der Waals surface area contributed by atoms with Gasteiger partial charge in [0.05, 0.1) is 5.69 Å². The second kappa shape index (κ2) is 5.30. The maximum atomic E-state index is 11.5. The number of allylic oxidation sites excluding steroid dienone is 1. The predicted octanol–water partition coefficient (Wildman–Crippen LogP) is 3.50. The highest BCUT2D eigenvalue weighted by molar-refractivity contribution is 14.1. The molecule has 1 aromatic carbocycles. The highest BCUT2D eigenvalue weighted by Gasteiger charge is 2.02. The van der Waals surface area contributed by atoms with E-state index in [1.54, 1.807) is 6.08 Å². The van der Waals surface area contributed by atoms with Gasteiger partial charge in [-0.1, -0.05) is 11.6 Å². The van der Waals surface area contributed by atoms with E-state index in [0.717, 1.165) is 14.8 Å². The summed E-state index contributed by atoms with van der Waals surface area (Å²) in [5, 5.41) is 2.85. The minimum absolute atomic E-state index is 0.0724. The first-order valence-electron chi connectivity index (χ1n) is 4.71. The number of benzene rings is 1. The molecular weight excluding hydrogens is 301 g/mol. The van der Waals surface area contributed by atoms with E-state index in [0.29, 0.717) is 0 Å². The van der Waals surface area contributed by atoms with Gasteiger partial charge in [-0.25, -0.2) is 0 Å². The van der Waals surface area contributed by atoms with Crippen molar-refractivity contribution in [2.24, 2.45) is 0 Å². The Morgan fingerprint density at radius 2 is 2.07 bits per heavy atom. The standard InChI is InChI=1S/C12H14INO/c1-8(2)6-12(15)14-11-5-4-9(3)7-10(11)13/h4-7H,1-3H3,(H,14,15). The number of hydrogen-bond acceptors (Lipinski definition) is 1. The Morgan fingerprint density at radius 3 is 2.60 bits per heavy atom. The fourth-order valence-corrected chi connectivity index (χ4v) is 1.96. The van der Waals surface area contributed by atoms with E-state index in [1.807, 2.05) is 39.0 Å². The molecular formula is C12H14INO. The van der Waals surface area contributed by atoms with Gasteiger partial charge < -0.3 is 5.32 Å². The number of aryl methyl sites for hydroxylation is 1. The first kappa shape index (κ1) is 12.2. The van der Waals surface area contributed by atoms with Crippen LogP contribution in [0.25, 0.3) is 0 Å². The quantitative estimate of drug-likeness (QED) is 0.657. The Hall–Kier alpha value is -0.840. The minimum atomic E-state index is -0.0724. The van der Waals surface area contributed by atoms with E-state index in [4.69, 9.17) is 0 Å². The molecule has 0 aliphatic heterocycles. The van der Waals surface area contributed by atoms with Gasteiger partial charge in [0.25, 0.3) is 0 Å². The molecule has 0 saturated carbocycles. The van der Waals surface area contributed by atoms with E-state index in [9.17, 15) is 4.79 Å². The van der Waals surface area contributed by atoms with Crippen molar-refractivity contribution < 1.29 is 4.79 Å². The Kier molecular flexibility index (Phi) is 4.32. The van der Waals surface area contributed by atoms with E-state index >= 15 is 0 Å². The molecule has 0 saturated heterocycles. The van der Waals surface area contributed by atoms with Crippen LogP contribution in [0.5, 0.6) is 0 Å². The number of rotatable bonds is 2. The Balaban J connectivity index is 2.82. The summed E-state index contributed by atoms with van der Waals surface area (Å²) in [6.07, 6.45) is 1.59. The van der Waals surface area contributed by atoms with Crippen LogP contribution in [0, 0.1) is 10.5 Å². The van der Waals surface area contributed by atoms with Crippen LogP contribution in [-0.2, 0) is 4.79 Å². The van der Waals surface area contributed by atoms with E-state index in [1.165, 1.54) is 5.56 Å². The molecule has 1 rings (SSSR count). The summed E-state index contributed by atoms with van der Waals surface area (Å²) in [6.45, 7) is 5.84. The third-order valence-corrected chi connectivity index (χ3v) is 2.69. The summed E-state index contributed by atoms with van der Waals surface area (Å²) in [7, 11) is 0. The van der Waals surface area contributed by atoms with Gasteiger partial charge in [-0.05, 0) is 61.1 Å². The highest BCUT2D eigenvalue weighted by Crippen LogP contribution is 2.19. The number of carbonyl (C=O) groups is 1. The third kappa shape index (κ3) is 4.03. The summed E-state index contributed by atoms with van der Waals surface area (Å²) >= 11 is 2.22. The Bertz CT molecular complexity index is 406. The first-order valence-corrected chi connectivity index (χ1v) is 5.79. The molecule has 0 aromatic heterocycles. The molecule has 0 aliphatic rings. The number of anilines is 1. The van der Waals surface area contributed by atoms with Gasteiger partial charge >= 0.3 is 0 Å². The molecule has 1 aromatic rings. The molecule has 0 fully saturated rings. The van der Waals surface area contributed by atoms with Crippen LogP contribution >= 0.6 is 22.6 Å². The van der Waals surface area contributed by atoms with Crippen LogP contribution in [0.3, 0.4) is 0 Å². The molecule has 0 atom stereocenters. The molecule has 0 bridgehead atoms. The molecule has 15 heavy (non-hydrogen) atoms. The van der Waals surface area contributed by atoms with Crippen molar-refractivity contribution in [2.45, 2.75) is 20.8 Å². The molecule has 1 amide bonds. The van der Waals surface area contributed by atoms with Crippen molar-refractivity contribution in [1.29, 1.82) is 0 Å². The summed E-state index contributed by atoms with van der Waals surface area (Å²) in [4.78, 5) is 11.5. The van der Waals surface area contributed by atoms with Crippen molar-refractivity contribution in [1.82, 2.24) is 0 Å². The summed E-state index contributed by atoms with van der Waals surface area (Å²) in [5.74, 6) is -0.0724. The van der Waals surface area contributed by atoms with Gasteiger partial charge in [0.2, 0.25) is 5.91 Å². The van der Waals surface area contributed by atoms with Crippen molar-refractivity contribution in [3.8, 4) is 0 Å². The maximum absolute atomic E-state index is 11.5. The van der Waals surface area contributed by atoms with Gasteiger partial charge in [-0.2, -0.15) is 0 Å². The lowest BCUT2D eigenvalue weighted by molar-refractivity contribution is -0.111. The predicted molar refractivity (Wildman–Crippen MR) is 72.0 cm³/mol. The van der Waals surface area contributed by atoms with E-state index in [-0.39, 0.29) is 5.91 Å². The van der Waals surface area contributed by atoms with Crippen LogP contribution in [0.4, 0.5) is 5.69 Å². The average molecular weight is 315 g/mol. The van der Waals surface area contributed by atoms with Crippen molar-refractivity contribution in [3.63, 3.8) is 0 Å². The lowest BCUT2D eigenvalue weighted by atomic mass is 10.2. The second-order valence-electron chi connectivity index (χ2n) is 3.69. The molecule has 2 nitrogen and oxygen atoms in total. The minimum Gasteiger partial charge on any atom is -0.322 e. The fourth-order valence-electron chi connectivity index (χ4n) is 1.15. The first-order chi connectivity index (χ1) is 6.99. The average Bonchev–Trinajstić information content (AvgIpc) is 2.08. The Labute approximate surface area is 104 Å². The zero-order chi connectivity index (χ0) is 11.4. The number of carbonyl (C=O) groups excluding carboxylic acids is 1. The van der Waals surface area contributed by atoms with Gasteiger partial charge in [0, 0.05) is 9.65 Å². The topological polar surface area (TPSA) is 29.1 Å². The third-order valence-electron chi connectivity index (χ3n) is 1.80. The number of amides is 1. The molecule has 0 unspecified atom stereocenters. The van der Waals surface area contributed by atoms with E-state index in [2.05, 4.69) is 27.9 Å². The van der Waals surface area contributed by atoms with Crippen molar-refractivity contribution in [3.05, 3.63) is 39.0 Å². The summed E-state index contributed by atoms with van der Waals surface area (Å²) in [5.41, 5.74) is 3.05. The molecule has 80 valence electrons. The number of nitrogens with one attached hydrogen (secondary N) is 1. The van der Waals surface area contributed by atoms with Crippen LogP contribution in [0.2, 0.25) is 0 Å². The van der Waals surface area contributed by atoms with E-state index < -0.39 is 0 Å². The van der Waals surface area contributed by atoms with Crippen molar-refractivity contribution >= 4 is 34.2 Å². The van der Waals surface area contributed by atoms with Gasteiger partial charge in [-0.15, -0.1) is 0 Å². The molecule has 3 heteroatoms. The van der Waals surface area contributed by atoms with Crippen molar-refractivity contribution in [2.75, 3.05) is 5.32 Å². The van der Waals surface area contributed by atoms with Crippen LogP contribution in [-0.4, -0.2) is 5.91 Å². The normalized spacial score (nSPS) is 9.60. The molecule has 0 radical (unpaired) electrons. The lowest BCUT2D eigenvalue weighted by Crippen LogP contribution is -2.09. The fraction of sp³-hybridized carbons (Fsp3) is 0.250. The summed E-state index contributed by atoms with van der Waals surface area (Å²) in [6, 6.07) is 5.95. The number of hydrogen-bond donors (Lipinski definition) is 1. The maximum Gasteiger partial charge on any atom is 0.248 e. The Morgan fingerprint density at radius 1 is 1.40 bits per heavy atom. The lowest BCUT2D eigenvalue weighted by Gasteiger charge is -2.06. The number of halogens is 1. The zero-order valence-corrected chi connectivity index (χ0v) is 11.3. The smallest absolute Gasteiger partial charge is 0.248 e. The molecule has 0 spiro atoms. The largest absolute Gasteiger partial charge is 0.322 e. The van der Waals surface area contributed by atoms with Crippen LogP contribution < -0.4 is 5.32 Å². The summed E-state index contributed by atoms with van der Waals surface area (Å²) < 4.78 is 1.06. The van der Waals surface area contributed by atoms with Crippen LogP contribution in [0.15, 0.2) is 29.8 Å². The monoisotopic (exact) mass is 315 g/mol. The second-order valence-corrected chi connectivity index (χ2v) is 4.86. The molecule has 1 N–H and O–H groups in total. The van der Waals surface area contributed by atoms with Gasteiger partial charge in [-0.3, -0.25) is 4.79 Å². The van der Waals surface area contributed by atoms with Gasteiger partial charge in [0.15, 0.2) is 0 Å². The van der Waals surface area contributed by atoms with Crippen LogP contribution in [0.1, 0.15) is 19.4 Å². The molecule has 0 aliphatic carbocycles. The highest BCUT2D eigenvalue weighted by atomic mass is 127. The zero-order valence-electron chi connectivity index (χ0n) is 9.10. The SMILES string of the molecule is CC(C)=CC(=O)Nc1ccc(C)cc1I. The molecule has 0 heterocycles. The van der Waals surface area contributed by atoms with Gasteiger partial charge in [0.1, 0.15) is 0 Å².